The fourth-order valence-electron chi connectivity index (χ4n) is 2.81. The van der Waals surface area contributed by atoms with Gasteiger partial charge in [-0.05, 0) is 87.5 Å². The molecule has 0 saturated heterocycles. The number of aromatic nitrogens is 1. The summed E-state index contributed by atoms with van der Waals surface area (Å²) in [6, 6.07) is 5.67. The van der Waals surface area contributed by atoms with Crippen molar-refractivity contribution < 1.29 is 23.9 Å². The van der Waals surface area contributed by atoms with E-state index in [1.54, 1.807) is 47.1 Å². The van der Waals surface area contributed by atoms with Crippen molar-refractivity contribution in [1.29, 1.82) is 0 Å². The minimum atomic E-state index is -1.24. The lowest BCUT2D eigenvalue weighted by atomic mass is 10.1. The number of ether oxygens (including phenoxy) is 2. The zero-order valence-corrected chi connectivity index (χ0v) is 22.3. The number of hydrogen-bond donors (Lipinski definition) is 1. The molecule has 1 atom stereocenters. The van der Waals surface area contributed by atoms with Gasteiger partial charge in [-0.3, -0.25) is 9.78 Å². The summed E-state index contributed by atoms with van der Waals surface area (Å²) in [6.07, 6.45) is 4.96. The molecule has 10 heteroatoms. The first-order chi connectivity index (χ1) is 15.4. The molecule has 0 radical (unpaired) electrons. The van der Waals surface area contributed by atoms with Gasteiger partial charge in [0.25, 0.3) is 5.91 Å². The van der Waals surface area contributed by atoms with Crippen LogP contribution in [0.1, 0.15) is 40.2 Å². The van der Waals surface area contributed by atoms with Gasteiger partial charge >= 0.3 is 5.97 Å². The minimum absolute atomic E-state index is 0.247. The van der Waals surface area contributed by atoms with E-state index < -0.39 is 22.5 Å². The first kappa shape index (κ1) is 26.9. The van der Waals surface area contributed by atoms with Gasteiger partial charge in [0.05, 0.1) is 23.9 Å². The van der Waals surface area contributed by atoms with Crippen LogP contribution in [0.2, 0.25) is 0 Å². The predicted octanol–water partition coefficient (Wildman–Crippen LogP) is 4.61. The third-order valence-corrected chi connectivity index (χ3v) is 5.63. The Labute approximate surface area is 206 Å². The van der Waals surface area contributed by atoms with Crippen molar-refractivity contribution in [2.24, 2.45) is 5.16 Å². The number of fused-ring (bicyclic) bond motifs is 1. The van der Waals surface area contributed by atoms with Crippen LogP contribution in [0.15, 0.2) is 34.0 Å². The quantitative estimate of drug-likeness (QED) is 0.203. The number of thioether (sulfide) groups is 1. The number of oxime groups is 1. The monoisotopic (exact) mass is 539 g/mol. The summed E-state index contributed by atoms with van der Waals surface area (Å²) in [6.45, 7) is 10.6. The van der Waals surface area contributed by atoms with Crippen LogP contribution in [0.5, 0.6) is 5.75 Å². The third-order valence-electron chi connectivity index (χ3n) is 4.45. The molecule has 0 aliphatic heterocycles. The lowest BCUT2D eigenvalue weighted by Crippen LogP contribution is -2.49. The molecule has 0 aliphatic carbocycles. The van der Waals surface area contributed by atoms with Crippen LogP contribution in [-0.4, -0.2) is 52.5 Å². The van der Waals surface area contributed by atoms with Gasteiger partial charge in [-0.1, -0.05) is 5.16 Å². The van der Waals surface area contributed by atoms with Crippen LogP contribution in [0.25, 0.3) is 10.9 Å². The Kier molecular flexibility index (Phi) is 9.13. The van der Waals surface area contributed by atoms with E-state index in [9.17, 15) is 9.59 Å². The molecule has 1 N–H and O–H groups in total. The van der Waals surface area contributed by atoms with E-state index in [2.05, 4.69) is 31.4 Å². The fraction of sp³-hybridized carbons (Fsp3) is 0.478. The topological polar surface area (TPSA) is 99.1 Å². The van der Waals surface area contributed by atoms with Crippen molar-refractivity contribution in [2.75, 3.05) is 12.9 Å². The van der Waals surface area contributed by atoms with E-state index in [4.69, 9.17) is 14.3 Å². The number of aryl methyl sites for hydroxylation is 1. The minimum Gasteiger partial charge on any atom is -0.470 e. The Morgan fingerprint density at radius 2 is 1.97 bits per heavy atom. The number of halogens is 1. The molecule has 0 saturated carbocycles. The van der Waals surface area contributed by atoms with Gasteiger partial charge in [0.2, 0.25) is 11.0 Å². The molecule has 0 aliphatic rings. The molecule has 33 heavy (non-hydrogen) atoms. The summed E-state index contributed by atoms with van der Waals surface area (Å²) in [5.41, 5.74) is -1.06. The lowest BCUT2D eigenvalue weighted by molar-refractivity contribution is -0.167. The molecule has 0 bridgehead atoms. The average molecular weight is 540 g/mol. The van der Waals surface area contributed by atoms with Gasteiger partial charge in [0.1, 0.15) is 5.75 Å². The maximum Gasteiger partial charge on any atom is 0.352 e. The second kappa shape index (κ2) is 11.2. The highest BCUT2D eigenvalue weighted by Gasteiger charge is 2.32. The van der Waals surface area contributed by atoms with Gasteiger partial charge in [0, 0.05) is 16.1 Å². The summed E-state index contributed by atoms with van der Waals surface area (Å²) in [4.78, 5) is 34.5. The molecule has 1 aromatic carbocycles. The Balaban J connectivity index is 2.07. The number of benzene rings is 1. The number of carbonyl (C=O) groups excluding carboxylic acids is 2. The van der Waals surface area contributed by atoms with E-state index in [1.807, 2.05) is 25.1 Å². The first-order valence-electron chi connectivity index (χ1n) is 10.4. The fourth-order valence-corrected chi connectivity index (χ4v) is 3.64. The van der Waals surface area contributed by atoms with Crippen molar-refractivity contribution in [1.82, 2.24) is 10.3 Å². The van der Waals surface area contributed by atoms with Gasteiger partial charge in [-0.2, -0.15) is 0 Å². The first-order valence-corrected chi connectivity index (χ1v) is 12.4. The smallest absolute Gasteiger partial charge is 0.352 e. The molecule has 8 nitrogen and oxygen atoms in total. The second-order valence-corrected chi connectivity index (χ2v) is 10.2. The molecule has 0 fully saturated rings. The molecular formula is C23H30BrN3O5S. The van der Waals surface area contributed by atoms with Gasteiger partial charge < -0.3 is 19.6 Å². The number of hydrogen-bond acceptors (Lipinski definition) is 8. The summed E-state index contributed by atoms with van der Waals surface area (Å²) >= 11 is 4.70. The number of pyridine rings is 1. The number of nitrogens with zero attached hydrogens (tertiary/aromatic N) is 2. The van der Waals surface area contributed by atoms with Crippen LogP contribution in [-0.2, 0) is 19.2 Å². The summed E-state index contributed by atoms with van der Waals surface area (Å²) < 4.78 is 11.8. The van der Waals surface area contributed by atoms with Crippen LogP contribution < -0.4 is 10.1 Å². The van der Waals surface area contributed by atoms with E-state index in [-0.39, 0.29) is 12.5 Å². The third kappa shape index (κ3) is 7.60. The standard InChI is InChI=1S/C23H30BrN3O5S/c1-8-30-21(29)23(5,6)32-26-13-22(3,4)27-19(28)20(33-7)31-17-9-14(2)18-15(11-17)10-16(24)12-25-18/h9-13,20H,8H2,1-7H3,(H,27,28)/b26-13+. The Bertz CT molecular complexity index is 1040. The van der Waals surface area contributed by atoms with Crippen molar-refractivity contribution in [3.05, 3.63) is 34.4 Å². The maximum absolute atomic E-state index is 12.9. The van der Waals surface area contributed by atoms with E-state index in [1.165, 1.54) is 18.0 Å². The van der Waals surface area contributed by atoms with Gasteiger partial charge in [-0.15, -0.1) is 11.8 Å². The highest BCUT2D eigenvalue weighted by atomic mass is 79.9. The zero-order chi connectivity index (χ0) is 24.8. The van der Waals surface area contributed by atoms with Crippen molar-refractivity contribution in [2.45, 2.75) is 58.1 Å². The highest BCUT2D eigenvalue weighted by Crippen LogP contribution is 2.27. The number of nitrogens with one attached hydrogen (secondary N) is 1. The van der Waals surface area contributed by atoms with Crippen LogP contribution in [0.3, 0.4) is 0 Å². The van der Waals surface area contributed by atoms with Gasteiger partial charge in [0.15, 0.2) is 0 Å². The molecule has 1 unspecified atom stereocenters. The predicted molar refractivity (Wildman–Crippen MR) is 135 cm³/mol. The van der Waals surface area contributed by atoms with Crippen LogP contribution >= 0.6 is 27.7 Å². The summed E-state index contributed by atoms with van der Waals surface area (Å²) in [5.74, 6) is -0.276. The Morgan fingerprint density at radius 1 is 1.27 bits per heavy atom. The second-order valence-electron chi connectivity index (χ2n) is 8.42. The highest BCUT2D eigenvalue weighted by molar-refractivity contribution is 9.10. The molecule has 2 aromatic rings. The number of esters is 1. The Hall–Kier alpha value is -2.33. The Morgan fingerprint density at radius 3 is 2.61 bits per heavy atom. The van der Waals surface area contributed by atoms with Crippen molar-refractivity contribution in [3.8, 4) is 5.75 Å². The number of rotatable bonds is 10. The molecule has 180 valence electrons. The molecule has 2 rings (SSSR count). The lowest BCUT2D eigenvalue weighted by Gasteiger charge is -2.26. The van der Waals surface area contributed by atoms with E-state index >= 15 is 0 Å². The number of amides is 1. The SMILES string of the molecule is CCOC(=O)C(C)(C)O/N=C/C(C)(C)NC(=O)C(Oc1cc(C)c2ncc(Br)cc2c1)SC. The molecule has 0 spiro atoms. The van der Waals surface area contributed by atoms with Crippen LogP contribution in [0, 0.1) is 6.92 Å². The van der Waals surface area contributed by atoms with E-state index in [0.717, 1.165) is 20.9 Å². The van der Waals surface area contributed by atoms with E-state index in [0.29, 0.717) is 5.75 Å². The summed E-state index contributed by atoms with van der Waals surface area (Å²) in [7, 11) is 0. The molecule has 1 aromatic heterocycles. The molecular weight excluding hydrogens is 510 g/mol. The molecule has 1 amide bonds. The summed E-state index contributed by atoms with van der Waals surface area (Å²) in [5, 5.41) is 7.68. The average Bonchev–Trinajstić information content (AvgIpc) is 2.71. The maximum atomic E-state index is 12.9. The molecule has 1 heterocycles. The number of carbonyl (C=O) groups is 2. The van der Waals surface area contributed by atoms with Crippen LogP contribution in [0.4, 0.5) is 0 Å². The van der Waals surface area contributed by atoms with Crippen molar-refractivity contribution in [3.63, 3.8) is 0 Å². The largest absolute Gasteiger partial charge is 0.470 e. The zero-order valence-electron chi connectivity index (χ0n) is 19.9. The normalized spacial score (nSPS) is 13.1. The van der Waals surface area contributed by atoms with Crippen molar-refractivity contribution >= 4 is 56.7 Å². The van der Waals surface area contributed by atoms with Gasteiger partial charge in [-0.25, -0.2) is 4.79 Å².